The highest BCUT2D eigenvalue weighted by molar-refractivity contribution is 7.47. The first kappa shape index (κ1) is 77.7. The summed E-state index contributed by atoms with van der Waals surface area (Å²) in [5.41, 5.74) is 5.39. The minimum Gasteiger partial charge on any atom is -0.462 e. The molecule has 0 saturated heterocycles. The zero-order chi connectivity index (χ0) is 58.7. The molecule has 0 aromatic heterocycles. The Hall–Kier alpha value is -3.33. The molecular weight excluding hydrogens is 1030 g/mol. The van der Waals surface area contributed by atoms with E-state index in [1.165, 1.54) is 180 Å². The van der Waals surface area contributed by atoms with E-state index in [-0.39, 0.29) is 32.6 Å². The van der Waals surface area contributed by atoms with E-state index in [4.69, 9.17) is 24.3 Å². The maximum atomic E-state index is 12.7. The predicted molar refractivity (Wildman–Crippen MR) is 348 cm³/mol. The Morgan fingerprint density at radius 1 is 0.383 bits per heavy atom. The van der Waals surface area contributed by atoms with Crippen LogP contribution in [0.15, 0.2) is 109 Å². The van der Waals surface area contributed by atoms with Crippen LogP contribution in [0.5, 0.6) is 0 Å². The standard InChI is InChI=1S/C71H124NO8P/c1-3-5-7-9-11-13-15-17-19-21-23-25-27-29-31-32-33-34-35-36-38-39-41-43-45-47-49-51-53-55-57-59-61-63-70(73)77-67-69(68-79-81(75,76)78-66-65-72)80-71(74)64-62-60-58-56-54-52-50-48-46-44-42-40-37-30-28-26-24-22-20-18-16-14-12-10-8-6-4-2/h6,8,12,14,18,20-21,23-24,26,30,37,42,44,48,50,54,56,69H,3-5,7,9-11,13,15-17,19,22,25,27-29,31-36,38-41,43,45-47,49,51-53,55,57-68,72H2,1-2H3,(H,75,76)/b8-6-,14-12-,20-18-,23-21-,26-24-,37-30-,44-42-,50-48-,56-54-. The number of phosphoric ester groups is 1. The molecule has 0 heterocycles. The molecule has 81 heavy (non-hydrogen) atoms. The van der Waals surface area contributed by atoms with Gasteiger partial charge in [0.05, 0.1) is 13.2 Å². The van der Waals surface area contributed by atoms with Gasteiger partial charge in [0.2, 0.25) is 0 Å². The maximum Gasteiger partial charge on any atom is 0.472 e. The van der Waals surface area contributed by atoms with Crippen LogP contribution in [0, 0.1) is 0 Å². The van der Waals surface area contributed by atoms with E-state index in [0.717, 1.165) is 83.5 Å². The predicted octanol–water partition coefficient (Wildman–Crippen LogP) is 21.7. The van der Waals surface area contributed by atoms with Gasteiger partial charge >= 0.3 is 19.8 Å². The number of hydrogen-bond donors (Lipinski definition) is 2. The van der Waals surface area contributed by atoms with E-state index in [9.17, 15) is 19.0 Å². The van der Waals surface area contributed by atoms with Gasteiger partial charge in [0.15, 0.2) is 6.10 Å². The third kappa shape index (κ3) is 65.7. The second-order valence-electron chi connectivity index (χ2n) is 22.0. The number of ether oxygens (including phenoxy) is 2. The van der Waals surface area contributed by atoms with Crippen LogP contribution in [0.3, 0.4) is 0 Å². The van der Waals surface area contributed by atoms with Crippen LogP contribution >= 0.6 is 7.82 Å². The first-order chi connectivity index (χ1) is 39.8. The topological polar surface area (TPSA) is 134 Å². The number of phosphoric acid groups is 1. The molecule has 2 unspecified atom stereocenters. The number of allylic oxidation sites excluding steroid dienone is 18. The second kappa shape index (κ2) is 65.8. The van der Waals surface area contributed by atoms with Crippen LogP contribution in [0.4, 0.5) is 0 Å². The highest BCUT2D eigenvalue weighted by Crippen LogP contribution is 2.43. The van der Waals surface area contributed by atoms with Crippen LogP contribution in [0.2, 0.25) is 0 Å². The van der Waals surface area contributed by atoms with Crippen molar-refractivity contribution in [3.05, 3.63) is 109 Å². The number of carbonyl (C=O) groups is 2. The number of rotatable bonds is 62. The van der Waals surface area contributed by atoms with E-state index >= 15 is 0 Å². The van der Waals surface area contributed by atoms with Crippen molar-refractivity contribution >= 4 is 19.8 Å². The Morgan fingerprint density at radius 3 is 1.05 bits per heavy atom. The summed E-state index contributed by atoms with van der Waals surface area (Å²) in [5, 5.41) is 0. The summed E-state index contributed by atoms with van der Waals surface area (Å²) in [7, 11) is -4.41. The zero-order valence-corrected chi connectivity index (χ0v) is 53.1. The molecule has 9 nitrogen and oxygen atoms in total. The molecule has 0 spiro atoms. The lowest BCUT2D eigenvalue weighted by Crippen LogP contribution is -2.29. The van der Waals surface area contributed by atoms with Gasteiger partial charge in [0.25, 0.3) is 0 Å². The fourth-order valence-corrected chi connectivity index (χ4v) is 10.0. The van der Waals surface area contributed by atoms with Crippen molar-refractivity contribution in [2.45, 2.75) is 302 Å². The SMILES string of the molecule is CC/C=C\C/C=C\C/C=C\C/C=C\C/C=C\C/C=C\C/C=C\C/C=C\CCCCC(=O)OC(COC(=O)CCCCCCCCCCCCCCCCCCCCCCC/C=C\CCCCCCCCCC)COP(=O)(O)OCCN. The smallest absolute Gasteiger partial charge is 0.462 e. The highest BCUT2D eigenvalue weighted by Gasteiger charge is 2.26. The minimum absolute atomic E-state index is 0.0415. The van der Waals surface area contributed by atoms with Gasteiger partial charge in [-0.1, -0.05) is 290 Å². The van der Waals surface area contributed by atoms with E-state index in [0.29, 0.717) is 6.42 Å². The summed E-state index contributed by atoms with van der Waals surface area (Å²) in [4.78, 5) is 35.3. The normalized spacial score (nSPS) is 13.7. The summed E-state index contributed by atoms with van der Waals surface area (Å²) in [6.07, 6.45) is 90.4. The van der Waals surface area contributed by atoms with Crippen molar-refractivity contribution in [3.8, 4) is 0 Å². The number of carbonyl (C=O) groups excluding carboxylic acids is 2. The van der Waals surface area contributed by atoms with Crippen LogP contribution in [-0.2, 0) is 32.7 Å². The van der Waals surface area contributed by atoms with Crippen molar-refractivity contribution in [2.24, 2.45) is 5.73 Å². The Balaban J connectivity index is 3.96. The molecule has 0 rings (SSSR count). The number of unbranched alkanes of at least 4 members (excludes halogenated alkanes) is 31. The van der Waals surface area contributed by atoms with Crippen LogP contribution in [-0.4, -0.2) is 49.3 Å². The second-order valence-corrected chi connectivity index (χ2v) is 23.4. The van der Waals surface area contributed by atoms with Gasteiger partial charge in [-0.15, -0.1) is 0 Å². The molecule has 0 aliphatic carbocycles. The summed E-state index contributed by atoms with van der Waals surface area (Å²) < 4.78 is 33.1. The Kier molecular flexibility index (Phi) is 63.1. The lowest BCUT2D eigenvalue weighted by molar-refractivity contribution is -0.161. The van der Waals surface area contributed by atoms with E-state index < -0.39 is 32.5 Å². The molecular formula is C71H124NO8P. The molecule has 0 fully saturated rings. The summed E-state index contributed by atoms with van der Waals surface area (Å²) in [5.74, 6) is -0.876. The van der Waals surface area contributed by atoms with Crippen LogP contribution < -0.4 is 5.73 Å². The van der Waals surface area contributed by atoms with Crippen LogP contribution in [0.1, 0.15) is 296 Å². The van der Waals surface area contributed by atoms with Gasteiger partial charge in [-0.25, -0.2) is 4.57 Å². The van der Waals surface area contributed by atoms with E-state index in [1.54, 1.807) is 0 Å². The van der Waals surface area contributed by atoms with Gasteiger partial charge < -0.3 is 20.1 Å². The third-order valence-electron chi connectivity index (χ3n) is 14.1. The van der Waals surface area contributed by atoms with E-state index in [1.807, 2.05) is 0 Å². The Morgan fingerprint density at radius 2 is 0.679 bits per heavy atom. The van der Waals surface area contributed by atoms with Gasteiger partial charge in [-0.3, -0.25) is 18.6 Å². The van der Waals surface area contributed by atoms with Crippen molar-refractivity contribution in [1.29, 1.82) is 0 Å². The lowest BCUT2D eigenvalue weighted by Gasteiger charge is -2.19. The molecule has 0 bridgehead atoms. The molecule has 0 saturated carbocycles. The molecule has 3 N–H and O–H groups in total. The average molecular weight is 1150 g/mol. The van der Waals surface area contributed by atoms with Gasteiger partial charge in [-0.05, 0) is 103 Å². The summed E-state index contributed by atoms with van der Waals surface area (Å²) >= 11 is 0. The van der Waals surface area contributed by atoms with E-state index in [2.05, 4.69) is 123 Å². The lowest BCUT2D eigenvalue weighted by atomic mass is 10.0. The quantitative estimate of drug-likeness (QED) is 0.0264. The van der Waals surface area contributed by atoms with Gasteiger partial charge in [0.1, 0.15) is 6.61 Å². The highest BCUT2D eigenvalue weighted by atomic mass is 31.2. The van der Waals surface area contributed by atoms with Crippen molar-refractivity contribution in [1.82, 2.24) is 0 Å². The molecule has 2 atom stereocenters. The van der Waals surface area contributed by atoms with Crippen molar-refractivity contribution < 1.29 is 37.6 Å². The summed E-state index contributed by atoms with van der Waals surface area (Å²) in [6, 6.07) is 0. The Bertz CT molecular complexity index is 1690. The van der Waals surface area contributed by atoms with Crippen molar-refractivity contribution in [3.63, 3.8) is 0 Å². The molecule has 0 radical (unpaired) electrons. The molecule has 466 valence electrons. The number of hydrogen-bond acceptors (Lipinski definition) is 8. The maximum absolute atomic E-state index is 12.7. The fraction of sp³-hybridized carbons (Fsp3) is 0.718. The summed E-state index contributed by atoms with van der Waals surface area (Å²) in [6.45, 7) is 3.60. The molecule has 0 amide bonds. The Labute approximate surface area is 499 Å². The average Bonchev–Trinajstić information content (AvgIpc) is 3.46. The largest absolute Gasteiger partial charge is 0.472 e. The third-order valence-corrected chi connectivity index (χ3v) is 15.1. The van der Waals surface area contributed by atoms with Crippen LogP contribution in [0.25, 0.3) is 0 Å². The van der Waals surface area contributed by atoms with Crippen molar-refractivity contribution in [2.75, 3.05) is 26.4 Å². The first-order valence-corrected chi connectivity index (χ1v) is 34.9. The number of nitrogens with two attached hydrogens (primary N) is 1. The van der Waals surface area contributed by atoms with Gasteiger partial charge in [-0.2, -0.15) is 0 Å². The first-order valence-electron chi connectivity index (χ1n) is 33.4. The van der Waals surface area contributed by atoms with Gasteiger partial charge in [0, 0.05) is 19.4 Å². The molecule has 0 aliphatic heterocycles. The molecule has 0 aliphatic rings. The minimum atomic E-state index is -4.41. The molecule has 0 aromatic carbocycles. The molecule has 10 heteroatoms. The fourth-order valence-electron chi connectivity index (χ4n) is 9.24. The zero-order valence-electron chi connectivity index (χ0n) is 52.2. The number of esters is 2. The molecule has 0 aromatic rings. The monoisotopic (exact) mass is 1150 g/mol.